The van der Waals surface area contributed by atoms with Crippen LogP contribution in [0.5, 0.6) is 5.75 Å². The van der Waals surface area contributed by atoms with Crippen molar-refractivity contribution in [2.45, 2.75) is 32.7 Å². The molecule has 3 N–H and O–H groups in total. The number of carbonyl (C=O) groups is 3. The quantitative estimate of drug-likeness (QED) is 0.735. The average Bonchev–Trinajstić information content (AvgIpc) is 2.83. The molecule has 7 heteroatoms. The van der Waals surface area contributed by atoms with Gasteiger partial charge in [-0.1, -0.05) is 0 Å². The standard InChI is InChI=1S/C16H20N2O5/c1-16(2,3)18-8-10(7-13(18)20)14(21)17-11-6-9(15(22)23)4-5-12(11)19/h4-6,10,19H,7-8H2,1-3H3,(H,17,21)(H,22,23). The van der Waals surface area contributed by atoms with Crippen LogP contribution >= 0.6 is 0 Å². The molecule has 23 heavy (non-hydrogen) atoms. The Morgan fingerprint density at radius 2 is 1.96 bits per heavy atom. The van der Waals surface area contributed by atoms with E-state index in [1.54, 1.807) is 4.90 Å². The molecule has 1 saturated heterocycles. The summed E-state index contributed by atoms with van der Waals surface area (Å²) in [6.45, 7) is 5.99. The topological polar surface area (TPSA) is 107 Å². The normalized spacial score (nSPS) is 18.1. The van der Waals surface area contributed by atoms with Crippen molar-refractivity contribution in [3.63, 3.8) is 0 Å². The molecule has 1 aliphatic rings. The van der Waals surface area contributed by atoms with Crippen molar-refractivity contribution in [1.29, 1.82) is 0 Å². The van der Waals surface area contributed by atoms with Crippen LogP contribution < -0.4 is 5.32 Å². The average molecular weight is 320 g/mol. The van der Waals surface area contributed by atoms with Crippen molar-refractivity contribution < 1.29 is 24.6 Å². The highest BCUT2D eigenvalue weighted by molar-refractivity contribution is 5.99. The Kier molecular flexibility index (Phi) is 4.31. The number of amides is 2. The third-order valence-corrected chi connectivity index (χ3v) is 3.81. The molecule has 1 unspecified atom stereocenters. The second-order valence-corrected chi connectivity index (χ2v) is 6.60. The maximum atomic E-state index is 12.3. The van der Waals surface area contributed by atoms with E-state index < -0.39 is 17.8 Å². The van der Waals surface area contributed by atoms with Gasteiger partial charge < -0.3 is 20.4 Å². The number of hydrogen-bond acceptors (Lipinski definition) is 4. The first-order valence-electron chi connectivity index (χ1n) is 7.27. The molecule has 2 rings (SSSR count). The Morgan fingerprint density at radius 1 is 1.30 bits per heavy atom. The van der Waals surface area contributed by atoms with Gasteiger partial charge in [-0.3, -0.25) is 9.59 Å². The lowest BCUT2D eigenvalue weighted by molar-refractivity contribution is -0.131. The molecular formula is C16H20N2O5. The fourth-order valence-electron chi connectivity index (χ4n) is 2.54. The van der Waals surface area contributed by atoms with Gasteiger partial charge in [-0.25, -0.2) is 4.79 Å². The molecule has 124 valence electrons. The first-order valence-corrected chi connectivity index (χ1v) is 7.27. The van der Waals surface area contributed by atoms with Crippen molar-refractivity contribution in [1.82, 2.24) is 4.90 Å². The molecule has 2 amide bonds. The Labute approximate surface area is 133 Å². The maximum Gasteiger partial charge on any atom is 0.335 e. The third kappa shape index (κ3) is 3.61. The van der Waals surface area contributed by atoms with Crippen molar-refractivity contribution in [3.8, 4) is 5.75 Å². The van der Waals surface area contributed by atoms with Crippen LogP contribution in [-0.4, -0.2) is 45.0 Å². The van der Waals surface area contributed by atoms with Crippen LogP contribution in [0.25, 0.3) is 0 Å². The van der Waals surface area contributed by atoms with Gasteiger partial charge >= 0.3 is 5.97 Å². The predicted molar refractivity (Wildman–Crippen MR) is 83.3 cm³/mol. The predicted octanol–water partition coefficient (Wildman–Crippen LogP) is 1.68. The molecule has 0 spiro atoms. The Balaban J connectivity index is 2.13. The molecule has 1 fully saturated rings. The number of hydrogen-bond donors (Lipinski definition) is 3. The summed E-state index contributed by atoms with van der Waals surface area (Å²) in [6, 6.07) is 3.64. The fraction of sp³-hybridized carbons (Fsp3) is 0.438. The van der Waals surface area contributed by atoms with E-state index in [4.69, 9.17) is 5.11 Å². The smallest absolute Gasteiger partial charge is 0.335 e. The van der Waals surface area contributed by atoms with Crippen molar-refractivity contribution >= 4 is 23.5 Å². The number of rotatable bonds is 3. The first kappa shape index (κ1) is 16.8. The Hall–Kier alpha value is -2.57. The SMILES string of the molecule is CC(C)(C)N1CC(C(=O)Nc2cc(C(=O)O)ccc2O)CC1=O. The molecule has 7 nitrogen and oxygen atoms in total. The molecule has 1 atom stereocenters. The minimum absolute atomic E-state index is 0.0246. The van der Waals surface area contributed by atoms with Gasteiger partial charge in [-0.15, -0.1) is 0 Å². The summed E-state index contributed by atoms with van der Waals surface area (Å²) in [5.74, 6) is -2.42. The van der Waals surface area contributed by atoms with Gasteiger partial charge in [0, 0.05) is 18.5 Å². The maximum absolute atomic E-state index is 12.3. The van der Waals surface area contributed by atoms with Crippen molar-refractivity contribution in [2.75, 3.05) is 11.9 Å². The van der Waals surface area contributed by atoms with Crippen molar-refractivity contribution in [2.24, 2.45) is 5.92 Å². The second-order valence-electron chi connectivity index (χ2n) is 6.60. The zero-order chi connectivity index (χ0) is 17.4. The first-order chi connectivity index (χ1) is 10.6. The minimum atomic E-state index is -1.16. The van der Waals surface area contributed by atoms with Crippen LogP contribution in [0.3, 0.4) is 0 Å². The van der Waals surface area contributed by atoms with Crippen LogP contribution in [0.15, 0.2) is 18.2 Å². The van der Waals surface area contributed by atoms with Gasteiger partial charge in [-0.05, 0) is 39.0 Å². The second kappa shape index (κ2) is 5.91. The van der Waals surface area contributed by atoms with Gasteiger partial charge in [0.2, 0.25) is 11.8 Å². The molecule has 0 radical (unpaired) electrons. The number of carboxylic acid groups (broad SMARTS) is 1. The van der Waals surface area contributed by atoms with Crippen LogP contribution in [0.2, 0.25) is 0 Å². The number of benzene rings is 1. The summed E-state index contributed by atoms with van der Waals surface area (Å²) in [4.78, 5) is 36.9. The number of nitrogens with one attached hydrogen (secondary N) is 1. The molecular weight excluding hydrogens is 300 g/mol. The number of phenols is 1. The Morgan fingerprint density at radius 3 is 2.48 bits per heavy atom. The van der Waals surface area contributed by atoms with E-state index in [0.717, 1.165) is 0 Å². The number of aromatic carboxylic acids is 1. The number of anilines is 1. The molecule has 0 aromatic heterocycles. The van der Waals surface area contributed by atoms with Crippen LogP contribution in [0.4, 0.5) is 5.69 Å². The van der Waals surface area contributed by atoms with Crippen LogP contribution in [0.1, 0.15) is 37.6 Å². The lowest BCUT2D eigenvalue weighted by atomic mass is 10.1. The number of likely N-dealkylation sites (tertiary alicyclic amines) is 1. The molecule has 0 aliphatic carbocycles. The number of carboxylic acids is 1. The van der Waals surface area contributed by atoms with Gasteiger partial charge in [0.05, 0.1) is 17.2 Å². The monoisotopic (exact) mass is 320 g/mol. The highest BCUT2D eigenvalue weighted by Gasteiger charge is 2.39. The minimum Gasteiger partial charge on any atom is -0.506 e. The summed E-state index contributed by atoms with van der Waals surface area (Å²) in [7, 11) is 0. The zero-order valence-corrected chi connectivity index (χ0v) is 13.3. The molecule has 1 aliphatic heterocycles. The molecule has 0 saturated carbocycles. The van der Waals surface area contributed by atoms with Gasteiger partial charge in [0.25, 0.3) is 0 Å². The highest BCUT2D eigenvalue weighted by Crippen LogP contribution is 2.29. The number of aromatic hydroxyl groups is 1. The van der Waals surface area contributed by atoms with E-state index in [1.165, 1.54) is 18.2 Å². The van der Waals surface area contributed by atoms with E-state index >= 15 is 0 Å². The van der Waals surface area contributed by atoms with Crippen LogP contribution in [-0.2, 0) is 9.59 Å². The lowest BCUT2D eigenvalue weighted by Gasteiger charge is -2.31. The molecule has 1 heterocycles. The van der Waals surface area contributed by atoms with E-state index in [9.17, 15) is 19.5 Å². The highest BCUT2D eigenvalue weighted by atomic mass is 16.4. The summed E-state index contributed by atoms with van der Waals surface area (Å²) >= 11 is 0. The zero-order valence-electron chi connectivity index (χ0n) is 13.3. The van der Waals surface area contributed by atoms with E-state index in [-0.39, 0.29) is 34.9 Å². The summed E-state index contributed by atoms with van der Waals surface area (Å²) < 4.78 is 0. The van der Waals surface area contributed by atoms with Gasteiger partial charge in [0.15, 0.2) is 0 Å². The van der Waals surface area contributed by atoms with E-state index in [2.05, 4.69) is 5.32 Å². The largest absolute Gasteiger partial charge is 0.506 e. The number of phenolic OH excluding ortho intramolecular Hbond substituents is 1. The summed E-state index contributed by atoms with van der Waals surface area (Å²) in [6.07, 6.45) is 0.0997. The Bertz CT molecular complexity index is 663. The number of carbonyl (C=O) groups excluding carboxylic acids is 2. The summed E-state index contributed by atoms with van der Waals surface area (Å²) in [5, 5.41) is 21.2. The lowest BCUT2D eigenvalue weighted by Crippen LogP contribution is -2.42. The number of nitrogens with zero attached hydrogens (tertiary/aromatic N) is 1. The molecule has 0 bridgehead atoms. The van der Waals surface area contributed by atoms with Gasteiger partial charge in [-0.2, -0.15) is 0 Å². The summed E-state index contributed by atoms with van der Waals surface area (Å²) in [5.41, 5.74) is -0.384. The molecule has 1 aromatic rings. The third-order valence-electron chi connectivity index (χ3n) is 3.81. The molecule has 1 aromatic carbocycles. The van der Waals surface area contributed by atoms with Gasteiger partial charge in [0.1, 0.15) is 5.75 Å². The fourth-order valence-corrected chi connectivity index (χ4v) is 2.54. The van der Waals surface area contributed by atoms with E-state index in [0.29, 0.717) is 6.54 Å². The van der Waals surface area contributed by atoms with Crippen LogP contribution in [0, 0.1) is 5.92 Å². The van der Waals surface area contributed by atoms with Crippen molar-refractivity contribution in [3.05, 3.63) is 23.8 Å². The van der Waals surface area contributed by atoms with E-state index in [1.807, 2.05) is 20.8 Å².